The van der Waals surface area contributed by atoms with E-state index in [0.29, 0.717) is 16.3 Å². The number of benzene rings is 2. The number of halogens is 1. The van der Waals surface area contributed by atoms with E-state index in [0.717, 1.165) is 15.8 Å². The molecule has 6 nitrogen and oxygen atoms in total. The summed E-state index contributed by atoms with van der Waals surface area (Å²) in [5.41, 5.74) is 2.66. The summed E-state index contributed by atoms with van der Waals surface area (Å²) in [5.74, 6) is -1.71. The van der Waals surface area contributed by atoms with Crippen molar-refractivity contribution in [2.75, 3.05) is 4.90 Å². The molecule has 1 aliphatic heterocycles. The maximum absolute atomic E-state index is 12.8. The minimum atomic E-state index is -0.796. The second-order valence-corrected chi connectivity index (χ2v) is 7.54. The molecule has 0 spiro atoms. The van der Waals surface area contributed by atoms with Crippen molar-refractivity contribution in [3.8, 4) is 0 Å². The van der Waals surface area contributed by atoms with Crippen molar-refractivity contribution in [1.82, 2.24) is 10.2 Å². The Morgan fingerprint density at radius 1 is 1.11 bits per heavy atom. The van der Waals surface area contributed by atoms with Gasteiger partial charge in [0, 0.05) is 10.0 Å². The van der Waals surface area contributed by atoms with Gasteiger partial charge in [0.2, 0.25) is 5.13 Å². The highest BCUT2D eigenvalue weighted by atomic mass is 79.9. The summed E-state index contributed by atoms with van der Waals surface area (Å²) in [6, 6.07) is 15.2. The van der Waals surface area contributed by atoms with Crippen LogP contribution in [0.1, 0.15) is 17.2 Å². The summed E-state index contributed by atoms with van der Waals surface area (Å²) in [5, 5.41) is 18.9. The standard InChI is InChI=1S/C19H12BrN3O3S/c20-13-8-4-7-12(9-13)15-14(16(24)11-5-2-1-3-6-11)17(25)18(26)23(15)19-22-21-10-27-19/h1-10,15,24H/b16-14+/t15-/m0/s1. The molecule has 134 valence electrons. The smallest absolute Gasteiger partial charge is 0.301 e. The molecule has 1 fully saturated rings. The van der Waals surface area contributed by atoms with Crippen molar-refractivity contribution in [2.24, 2.45) is 0 Å². The van der Waals surface area contributed by atoms with Crippen LogP contribution >= 0.6 is 27.3 Å². The average Bonchev–Trinajstić information content (AvgIpc) is 3.29. The van der Waals surface area contributed by atoms with Gasteiger partial charge in [0.15, 0.2) is 0 Å². The van der Waals surface area contributed by atoms with Gasteiger partial charge in [-0.25, -0.2) is 0 Å². The molecular weight excluding hydrogens is 430 g/mol. The second kappa shape index (κ2) is 7.05. The van der Waals surface area contributed by atoms with Crippen LogP contribution in [-0.4, -0.2) is 27.0 Å². The third kappa shape index (κ3) is 3.07. The molecule has 27 heavy (non-hydrogen) atoms. The molecule has 1 atom stereocenters. The molecule has 1 aliphatic rings. The van der Waals surface area contributed by atoms with Crippen molar-refractivity contribution in [1.29, 1.82) is 0 Å². The van der Waals surface area contributed by atoms with Crippen molar-refractivity contribution >= 4 is 49.8 Å². The average molecular weight is 442 g/mol. The Labute approximate surface area is 166 Å². The zero-order valence-electron chi connectivity index (χ0n) is 13.7. The number of rotatable bonds is 3. The number of Topliss-reactive ketones (excluding diaryl/α,β-unsaturated/α-hetero) is 1. The second-order valence-electron chi connectivity index (χ2n) is 5.81. The largest absolute Gasteiger partial charge is 0.507 e. The molecule has 3 aromatic rings. The minimum Gasteiger partial charge on any atom is -0.507 e. The molecule has 1 N–H and O–H groups in total. The van der Waals surface area contributed by atoms with Crippen LogP contribution in [0.4, 0.5) is 5.13 Å². The van der Waals surface area contributed by atoms with Gasteiger partial charge < -0.3 is 5.11 Å². The van der Waals surface area contributed by atoms with Gasteiger partial charge in [-0.3, -0.25) is 14.5 Å². The normalized spacial score (nSPS) is 18.9. The van der Waals surface area contributed by atoms with Gasteiger partial charge in [0.05, 0.1) is 11.6 Å². The molecule has 2 aromatic carbocycles. The van der Waals surface area contributed by atoms with Crippen molar-refractivity contribution in [2.45, 2.75) is 6.04 Å². The van der Waals surface area contributed by atoms with E-state index >= 15 is 0 Å². The van der Waals surface area contributed by atoms with E-state index in [1.807, 2.05) is 24.3 Å². The fraction of sp³-hybridized carbons (Fsp3) is 0.0526. The Morgan fingerprint density at radius 2 is 1.89 bits per heavy atom. The highest BCUT2D eigenvalue weighted by molar-refractivity contribution is 9.10. The zero-order chi connectivity index (χ0) is 19.0. The van der Waals surface area contributed by atoms with E-state index < -0.39 is 17.7 Å². The number of hydrogen-bond acceptors (Lipinski definition) is 6. The Morgan fingerprint density at radius 3 is 2.56 bits per heavy atom. The predicted molar refractivity (Wildman–Crippen MR) is 105 cm³/mol. The third-order valence-electron chi connectivity index (χ3n) is 4.21. The number of aliphatic hydroxyl groups excluding tert-OH is 1. The molecule has 0 bridgehead atoms. The summed E-state index contributed by atoms with van der Waals surface area (Å²) in [4.78, 5) is 26.9. The van der Waals surface area contributed by atoms with Crippen molar-refractivity contribution in [3.05, 3.63) is 81.3 Å². The van der Waals surface area contributed by atoms with E-state index in [2.05, 4.69) is 26.1 Å². The van der Waals surface area contributed by atoms with Crippen LogP contribution in [-0.2, 0) is 9.59 Å². The fourth-order valence-corrected chi connectivity index (χ4v) is 4.05. The van der Waals surface area contributed by atoms with Gasteiger partial charge in [-0.2, -0.15) is 0 Å². The molecule has 8 heteroatoms. The molecule has 0 radical (unpaired) electrons. The van der Waals surface area contributed by atoms with Crippen LogP contribution in [0.3, 0.4) is 0 Å². The maximum Gasteiger partial charge on any atom is 0.301 e. The van der Waals surface area contributed by atoms with E-state index in [9.17, 15) is 14.7 Å². The number of aromatic nitrogens is 2. The van der Waals surface area contributed by atoms with Crippen LogP contribution in [0, 0.1) is 0 Å². The number of anilines is 1. The van der Waals surface area contributed by atoms with E-state index in [1.54, 1.807) is 30.3 Å². The fourth-order valence-electron chi connectivity index (χ4n) is 3.05. The van der Waals surface area contributed by atoms with Gasteiger partial charge in [-0.1, -0.05) is 69.7 Å². The number of carbonyl (C=O) groups excluding carboxylic acids is 2. The Balaban J connectivity index is 1.96. The molecule has 1 saturated heterocycles. The summed E-state index contributed by atoms with van der Waals surface area (Å²) in [6.45, 7) is 0. The van der Waals surface area contributed by atoms with Gasteiger partial charge in [-0.15, -0.1) is 10.2 Å². The van der Waals surface area contributed by atoms with Gasteiger partial charge in [0.1, 0.15) is 11.3 Å². The number of nitrogens with zero attached hydrogens (tertiary/aromatic N) is 3. The summed E-state index contributed by atoms with van der Waals surface area (Å²) in [7, 11) is 0. The Hall–Kier alpha value is -2.84. The Bertz CT molecular complexity index is 1050. The van der Waals surface area contributed by atoms with Crippen LogP contribution in [0.25, 0.3) is 5.76 Å². The molecule has 1 aromatic heterocycles. The lowest BCUT2D eigenvalue weighted by Crippen LogP contribution is -2.29. The van der Waals surface area contributed by atoms with Crippen LogP contribution in [0.2, 0.25) is 0 Å². The van der Waals surface area contributed by atoms with Crippen molar-refractivity contribution < 1.29 is 14.7 Å². The van der Waals surface area contributed by atoms with Crippen LogP contribution in [0.15, 0.2) is 70.2 Å². The lowest BCUT2D eigenvalue weighted by Gasteiger charge is -2.22. The van der Waals surface area contributed by atoms with E-state index in [4.69, 9.17) is 0 Å². The Kier molecular flexibility index (Phi) is 4.59. The van der Waals surface area contributed by atoms with Gasteiger partial charge >= 0.3 is 5.91 Å². The molecule has 2 heterocycles. The summed E-state index contributed by atoms with van der Waals surface area (Å²) >= 11 is 4.57. The van der Waals surface area contributed by atoms with Gasteiger partial charge in [0.25, 0.3) is 5.78 Å². The molecule has 1 amide bonds. The van der Waals surface area contributed by atoms with E-state index in [-0.39, 0.29) is 11.3 Å². The lowest BCUT2D eigenvalue weighted by atomic mass is 9.95. The first kappa shape index (κ1) is 17.6. The monoisotopic (exact) mass is 441 g/mol. The lowest BCUT2D eigenvalue weighted by molar-refractivity contribution is -0.132. The van der Waals surface area contributed by atoms with Crippen LogP contribution in [0.5, 0.6) is 0 Å². The molecule has 0 unspecified atom stereocenters. The molecule has 0 saturated carbocycles. The third-order valence-corrected chi connectivity index (χ3v) is 5.39. The SMILES string of the molecule is O=C1C(=O)N(c2nncs2)[C@@H](c2cccc(Br)c2)/C1=C(\O)c1ccccc1. The first-order valence-corrected chi connectivity index (χ1v) is 9.63. The maximum atomic E-state index is 12.8. The number of carbonyl (C=O) groups is 2. The highest BCUT2D eigenvalue weighted by Gasteiger charge is 2.48. The quantitative estimate of drug-likeness (QED) is 0.378. The molecular formula is C19H12BrN3O3S. The summed E-state index contributed by atoms with van der Waals surface area (Å²) < 4.78 is 0.794. The zero-order valence-corrected chi connectivity index (χ0v) is 16.1. The topological polar surface area (TPSA) is 83.4 Å². The molecule has 0 aliphatic carbocycles. The molecule has 4 rings (SSSR count). The van der Waals surface area contributed by atoms with Crippen LogP contribution < -0.4 is 4.90 Å². The summed E-state index contributed by atoms with van der Waals surface area (Å²) in [6.07, 6.45) is 0. The van der Waals surface area contributed by atoms with Gasteiger partial charge in [-0.05, 0) is 17.7 Å². The number of hydrogen-bond donors (Lipinski definition) is 1. The number of ketones is 1. The predicted octanol–water partition coefficient (Wildman–Crippen LogP) is 3.93. The first-order chi connectivity index (χ1) is 13.1. The highest BCUT2D eigenvalue weighted by Crippen LogP contribution is 2.42. The number of aliphatic hydroxyl groups is 1. The first-order valence-electron chi connectivity index (χ1n) is 7.96. The number of amides is 1. The van der Waals surface area contributed by atoms with E-state index in [1.165, 1.54) is 10.4 Å². The van der Waals surface area contributed by atoms with Crippen molar-refractivity contribution in [3.63, 3.8) is 0 Å². The minimum absolute atomic E-state index is 0.0273.